The van der Waals surface area contributed by atoms with Crippen LogP contribution in [0.1, 0.15) is 45.2 Å². The number of hydrogen-bond acceptors (Lipinski definition) is 3. The molecule has 0 fully saturated rings. The van der Waals surface area contributed by atoms with Crippen molar-refractivity contribution in [1.29, 1.82) is 0 Å². The van der Waals surface area contributed by atoms with Gasteiger partial charge in [0.1, 0.15) is 0 Å². The Morgan fingerprint density at radius 2 is 0.651 bits per heavy atom. The third kappa shape index (κ3) is 6.69. The Hall–Kier alpha value is -11.0. The predicted octanol–water partition coefficient (Wildman–Crippen LogP) is 18.8. The number of rotatable bonds is 7. The Morgan fingerprint density at radius 1 is 0.265 bits per heavy atom. The van der Waals surface area contributed by atoms with Crippen LogP contribution < -0.4 is 0 Å². The van der Waals surface area contributed by atoms with Crippen molar-refractivity contribution in [2.75, 3.05) is 0 Å². The molecule has 386 valence electrons. The van der Waals surface area contributed by atoms with Crippen LogP contribution in [0.3, 0.4) is 0 Å². The molecule has 0 spiro atoms. The van der Waals surface area contributed by atoms with E-state index in [1.807, 2.05) is 36.4 Å². The fraction of sp³-hybridized carbons (Fsp3) is 0.0260. The van der Waals surface area contributed by atoms with Crippen LogP contribution >= 0.6 is 0 Å². The van der Waals surface area contributed by atoms with Crippen LogP contribution in [0.25, 0.3) is 128 Å². The van der Waals surface area contributed by atoms with E-state index in [9.17, 15) is 0 Å². The van der Waals surface area contributed by atoms with E-state index in [2.05, 4.69) is 256 Å². The quantitative estimate of drug-likeness (QED) is 0.160. The van der Waals surface area contributed by atoms with Gasteiger partial charge in [0.2, 0.25) is 5.95 Å². The van der Waals surface area contributed by atoms with E-state index in [-0.39, 0.29) is 11.8 Å². The van der Waals surface area contributed by atoms with Gasteiger partial charge in [-0.25, -0.2) is 4.98 Å². The first-order chi connectivity index (χ1) is 41.2. The molecule has 6 nitrogen and oxygen atoms in total. The Bertz CT molecular complexity index is 5000. The minimum Gasteiger partial charge on any atom is -0.309 e. The van der Waals surface area contributed by atoms with Gasteiger partial charge in [-0.1, -0.05) is 231 Å². The summed E-state index contributed by atoms with van der Waals surface area (Å²) >= 11 is 0. The van der Waals surface area contributed by atoms with Gasteiger partial charge in [-0.2, -0.15) is 9.97 Å². The van der Waals surface area contributed by atoms with E-state index >= 15 is 0 Å². The van der Waals surface area contributed by atoms with E-state index in [0.717, 1.165) is 55.3 Å². The Balaban J connectivity index is 0.945. The second kappa shape index (κ2) is 17.8. The molecule has 2 atom stereocenters. The van der Waals surface area contributed by atoms with Gasteiger partial charge >= 0.3 is 0 Å². The molecule has 0 saturated carbocycles. The summed E-state index contributed by atoms with van der Waals surface area (Å²) in [5, 5.41) is 7.09. The van der Waals surface area contributed by atoms with E-state index in [1.165, 1.54) is 88.2 Å². The summed E-state index contributed by atoms with van der Waals surface area (Å²) in [5.41, 5.74) is 23.8. The van der Waals surface area contributed by atoms with Crippen molar-refractivity contribution in [2.24, 2.45) is 0 Å². The molecule has 2 aliphatic rings. The summed E-state index contributed by atoms with van der Waals surface area (Å²) in [7, 11) is 0. The van der Waals surface area contributed by atoms with Crippen LogP contribution in [0.15, 0.2) is 279 Å². The van der Waals surface area contributed by atoms with Crippen molar-refractivity contribution in [3.63, 3.8) is 0 Å². The molecule has 0 aliphatic heterocycles. The third-order valence-electron chi connectivity index (χ3n) is 17.9. The molecule has 83 heavy (non-hydrogen) atoms. The zero-order chi connectivity index (χ0) is 54.3. The maximum absolute atomic E-state index is 5.40. The summed E-state index contributed by atoms with van der Waals surface area (Å²) in [6.45, 7) is 0. The second-order valence-corrected chi connectivity index (χ2v) is 22.2. The SMILES string of the molecule is c1ccc(-c2nc(-c3ccccc3)nc(-n3c4ccc(-n5c6ccccc6c6ccc7c(c65)C(c5ccccc5)c5ccccc5-7)cc4c4cc(-n5c6ccccc6c6ccc7c(c65)C(c5ccccc5)c5ccccc5-7)ccc43)n2)cc1. The predicted molar refractivity (Wildman–Crippen MR) is 339 cm³/mol. The summed E-state index contributed by atoms with van der Waals surface area (Å²) in [5.74, 6) is 1.86. The zero-order valence-electron chi connectivity index (χ0n) is 44.9. The number of hydrogen-bond donors (Lipinski definition) is 0. The van der Waals surface area contributed by atoms with Gasteiger partial charge < -0.3 is 9.13 Å². The van der Waals surface area contributed by atoms with E-state index < -0.39 is 0 Å². The van der Waals surface area contributed by atoms with Crippen LogP contribution in [-0.2, 0) is 0 Å². The van der Waals surface area contributed by atoms with Crippen molar-refractivity contribution in [1.82, 2.24) is 28.7 Å². The summed E-state index contributed by atoms with van der Waals surface area (Å²) < 4.78 is 7.34. The van der Waals surface area contributed by atoms with Gasteiger partial charge in [0.05, 0.1) is 33.1 Å². The molecule has 2 unspecified atom stereocenters. The second-order valence-electron chi connectivity index (χ2n) is 22.2. The lowest BCUT2D eigenvalue weighted by molar-refractivity contribution is 0.953. The summed E-state index contributed by atoms with van der Waals surface area (Å²) in [6.07, 6.45) is 0. The van der Waals surface area contributed by atoms with Crippen molar-refractivity contribution in [3.05, 3.63) is 312 Å². The van der Waals surface area contributed by atoms with Crippen molar-refractivity contribution in [2.45, 2.75) is 11.8 Å². The van der Waals surface area contributed by atoms with E-state index in [0.29, 0.717) is 17.6 Å². The van der Waals surface area contributed by atoms with Crippen LogP contribution in [0.5, 0.6) is 0 Å². The molecule has 4 aromatic heterocycles. The lowest BCUT2D eigenvalue weighted by atomic mass is 9.88. The highest BCUT2D eigenvalue weighted by Gasteiger charge is 2.36. The molecular formula is C77H48N6. The van der Waals surface area contributed by atoms with E-state index in [1.54, 1.807) is 0 Å². The topological polar surface area (TPSA) is 53.5 Å². The minimum atomic E-state index is 0.0470. The molecule has 0 radical (unpaired) electrons. The van der Waals surface area contributed by atoms with E-state index in [4.69, 9.17) is 15.0 Å². The average molecular weight is 1060 g/mol. The number of aromatic nitrogens is 6. The van der Waals surface area contributed by atoms with Gasteiger partial charge in [-0.05, 0) is 104 Å². The molecule has 2 aliphatic carbocycles. The molecule has 0 bridgehead atoms. The molecule has 12 aromatic carbocycles. The van der Waals surface area contributed by atoms with Crippen LogP contribution in [0.4, 0.5) is 0 Å². The lowest BCUT2D eigenvalue weighted by Gasteiger charge is -2.18. The molecule has 6 heteroatoms. The first-order valence-corrected chi connectivity index (χ1v) is 28.6. The van der Waals surface area contributed by atoms with Crippen LogP contribution in [-0.4, -0.2) is 28.7 Å². The molecule has 16 aromatic rings. The highest BCUT2D eigenvalue weighted by atomic mass is 15.2. The zero-order valence-corrected chi connectivity index (χ0v) is 44.9. The Kier molecular flexibility index (Phi) is 9.82. The Labute approximate surface area is 478 Å². The number of fused-ring (bicyclic) bond motifs is 17. The highest BCUT2D eigenvalue weighted by Crippen LogP contribution is 2.55. The fourth-order valence-electron chi connectivity index (χ4n) is 14.4. The number of para-hydroxylation sites is 2. The highest BCUT2D eigenvalue weighted by molar-refractivity contribution is 6.16. The molecule has 0 amide bonds. The van der Waals surface area contributed by atoms with Crippen molar-refractivity contribution in [3.8, 4) is 62.4 Å². The molecule has 4 heterocycles. The first-order valence-electron chi connectivity index (χ1n) is 28.6. The Morgan fingerprint density at radius 3 is 1.11 bits per heavy atom. The average Bonchev–Trinajstić information content (AvgIpc) is 2.76. The number of nitrogens with zero attached hydrogens (tertiary/aromatic N) is 6. The van der Waals surface area contributed by atoms with Gasteiger partial charge in [0, 0.05) is 66.7 Å². The van der Waals surface area contributed by atoms with Crippen LogP contribution in [0, 0.1) is 0 Å². The monoisotopic (exact) mass is 1060 g/mol. The largest absolute Gasteiger partial charge is 0.309 e. The van der Waals surface area contributed by atoms with Crippen molar-refractivity contribution < 1.29 is 0 Å². The molecule has 0 saturated heterocycles. The minimum absolute atomic E-state index is 0.0470. The molecule has 18 rings (SSSR count). The maximum Gasteiger partial charge on any atom is 0.238 e. The summed E-state index contributed by atoms with van der Waals surface area (Å²) in [4.78, 5) is 16.0. The standard InChI is InChI=1S/C77H48N6/c1-5-21-47(22-6-1)69-57-33-15-13-29-53(57)59-39-41-61-55-31-17-19-35-65(55)81(73(61)71(59)69)51-37-43-67-63(45-51)64-46-52(38-44-68(64)83(67)77-79-75(49-25-9-3-10-26-49)78-76(80-77)50-27-11-4-12-28-50)82-66-36-20-18-32-56(66)62-42-40-60-54-30-14-16-34-58(54)70(72(60)74(62)82)48-23-7-2-8-24-48/h1-46,69-70H. The normalized spacial score (nSPS) is 14.3. The van der Waals surface area contributed by atoms with Crippen molar-refractivity contribution >= 4 is 65.4 Å². The third-order valence-corrected chi connectivity index (χ3v) is 17.9. The van der Waals surface area contributed by atoms with Gasteiger partial charge in [0.15, 0.2) is 11.6 Å². The number of benzene rings is 12. The summed E-state index contributed by atoms with van der Waals surface area (Å²) in [6, 6.07) is 102. The smallest absolute Gasteiger partial charge is 0.238 e. The lowest BCUT2D eigenvalue weighted by Crippen LogP contribution is -2.06. The maximum atomic E-state index is 5.40. The van der Waals surface area contributed by atoms with Gasteiger partial charge in [-0.15, -0.1) is 0 Å². The fourth-order valence-corrected chi connectivity index (χ4v) is 14.4. The van der Waals surface area contributed by atoms with Gasteiger partial charge in [0.25, 0.3) is 0 Å². The first kappa shape index (κ1) is 45.9. The van der Waals surface area contributed by atoms with Crippen LogP contribution in [0.2, 0.25) is 0 Å². The van der Waals surface area contributed by atoms with Gasteiger partial charge in [-0.3, -0.25) is 4.57 Å². The molecule has 0 N–H and O–H groups in total. The molecular weight excluding hydrogens is 1010 g/mol.